The van der Waals surface area contributed by atoms with E-state index in [2.05, 4.69) is 272 Å². The summed E-state index contributed by atoms with van der Waals surface area (Å²) < 4.78 is 0. The zero-order valence-electron chi connectivity index (χ0n) is 42.8. The highest BCUT2D eigenvalue weighted by Crippen LogP contribution is 2.65. The first-order valence-electron chi connectivity index (χ1n) is 27.7. The van der Waals surface area contributed by atoms with Crippen molar-refractivity contribution in [3.8, 4) is 55.6 Å². The molecule has 1 nitrogen and oxygen atoms in total. The Bertz CT molecular complexity index is 3870. The molecule has 0 N–H and O–H groups in total. The minimum atomic E-state index is -0.542. The van der Waals surface area contributed by atoms with Gasteiger partial charge in [-0.1, -0.05) is 237 Å². The standard InChI is InChI=1S/C75H59N/c1-5-20-54(21-6-1)63-30-17-18-35-71(63)76(60-39-36-57(37-40-60)62-29-15-16-32-66(62)72-64-31-14-13-24-56(64)38-42-65(72)55-22-7-2-8-23-55)61-41-43-67-70(47-61)75(58-25-9-3-10-26-58,59-27-11-4-12-28-59)69-34-19-33-68(73(67)69)74-48-51-44-52(49-74)46-53(45-51)50-74/h1-43,47,51-53H,44-46,48-50H2. The van der Waals surface area contributed by atoms with Gasteiger partial charge in [0.05, 0.1) is 11.1 Å². The highest BCUT2D eigenvalue weighted by Gasteiger charge is 2.55. The molecular weight excluding hydrogens is 915 g/mol. The Kier molecular flexibility index (Phi) is 10.7. The van der Waals surface area contributed by atoms with Crippen LogP contribution in [-0.4, -0.2) is 0 Å². The maximum Gasteiger partial charge on any atom is 0.0714 e. The second-order valence-corrected chi connectivity index (χ2v) is 22.5. The Morgan fingerprint density at radius 1 is 0.316 bits per heavy atom. The van der Waals surface area contributed by atoms with Crippen molar-refractivity contribution in [2.24, 2.45) is 17.8 Å². The SMILES string of the molecule is c1ccc(-c2ccccc2N(c2ccc(-c3ccccc3-c3c(-c4ccccc4)ccc4ccccc34)cc2)c2ccc3c(c2)C(c2ccccc2)(c2ccccc2)c2cccc(C45CC6CC(CC(C6)C4)C5)c2-3)cc1. The van der Waals surface area contributed by atoms with Crippen LogP contribution in [0.15, 0.2) is 267 Å². The lowest BCUT2D eigenvalue weighted by Gasteiger charge is -2.57. The van der Waals surface area contributed by atoms with Crippen molar-refractivity contribution in [3.63, 3.8) is 0 Å². The molecule has 0 heterocycles. The van der Waals surface area contributed by atoms with Gasteiger partial charge in [0.2, 0.25) is 0 Å². The van der Waals surface area contributed by atoms with Gasteiger partial charge in [0, 0.05) is 16.9 Å². The minimum absolute atomic E-state index is 0.219. The highest BCUT2D eigenvalue weighted by atomic mass is 15.1. The zero-order chi connectivity index (χ0) is 50.2. The quantitative estimate of drug-likeness (QED) is 0.132. The fraction of sp³-hybridized carbons (Fsp3) is 0.147. The van der Waals surface area contributed by atoms with Gasteiger partial charge in [-0.2, -0.15) is 0 Å². The molecule has 0 unspecified atom stereocenters. The van der Waals surface area contributed by atoms with Gasteiger partial charge in [-0.15, -0.1) is 0 Å². The van der Waals surface area contributed by atoms with Crippen LogP contribution < -0.4 is 4.90 Å². The summed E-state index contributed by atoms with van der Waals surface area (Å²) in [7, 11) is 0. The molecule has 4 fully saturated rings. The average Bonchev–Trinajstić information content (AvgIpc) is 3.89. The summed E-state index contributed by atoms with van der Waals surface area (Å²) in [5, 5.41) is 2.49. The zero-order valence-corrected chi connectivity index (χ0v) is 42.8. The molecule has 0 radical (unpaired) electrons. The van der Waals surface area contributed by atoms with E-state index in [1.807, 2.05) is 0 Å². The Labute approximate surface area is 447 Å². The van der Waals surface area contributed by atoms with E-state index in [9.17, 15) is 0 Å². The van der Waals surface area contributed by atoms with Crippen molar-refractivity contribution in [2.75, 3.05) is 4.90 Å². The molecule has 76 heavy (non-hydrogen) atoms. The molecule has 5 aliphatic carbocycles. The molecule has 0 spiro atoms. The summed E-state index contributed by atoms with van der Waals surface area (Å²) in [4.78, 5) is 2.53. The Morgan fingerprint density at radius 2 is 0.816 bits per heavy atom. The van der Waals surface area contributed by atoms with Crippen LogP contribution >= 0.6 is 0 Å². The van der Waals surface area contributed by atoms with Crippen LogP contribution in [0.5, 0.6) is 0 Å². The van der Waals surface area contributed by atoms with Crippen LogP contribution in [-0.2, 0) is 10.8 Å². The summed E-state index contributed by atoms with van der Waals surface area (Å²) in [6, 6.07) is 100. The molecule has 1 heteroatoms. The largest absolute Gasteiger partial charge is 0.310 e. The van der Waals surface area contributed by atoms with Crippen LogP contribution in [0, 0.1) is 17.8 Å². The lowest BCUT2D eigenvalue weighted by molar-refractivity contribution is -0.00493. The summed E-state index contributed by atoms with van der Waals surface area (Å²) in [5.74, 6) is 2.55. The smallest absolute Gasteiger partial charge is 0.0714 e. The van der Waals surface area contributed by atoms with Crippen molar-refractivity contribution < 1.29 is 0 Å². The molecule has 0 amide bonds. The van der Waals surface area contributed by atoms with Gasteiger partial charge in [0.25, 0.3) is 0 Å². The van der Waals surface area contributed by atoms with E-state index in [4.69, 9.17) is 0 Å². The fourth-order valence-corrected chi connectivity index (χ4v) is 15.7. The van der Waals surface area contributed by atoms with Crippen molar-refractivity contribution in [1.82, 2.24) is 0 Å². The van der Waals surface area contributed by atoms with Gasteiger partial charge in [-0.25, -0.2) is 0 Å². The molecule has 364 valence electrons. The van der Waals surface area contributed by atoms with E-state index in [1.165, 1.54) is 127 Å². The Hall–Kier alpha value is -8.52. The van der Waals surface area contributed by atoms with E-state index in [-0.39, 0.29) is 5.41 Å². The van der Waals surface area contributed by atoms with Crippen LogP contribution in [0.4, 0.5) is 17.1 Å². The summed E-state index contributed by atoms with van der Waals surface area (Å²) >= 11 is 0. The van der Waals surface area contributed by atoms with Gasteiger partial charge >= 0.3 is 0 Å². The predicted molar refractivity (Wildman–Crippen MR) is 318 cm³/mol. The van der Waals surface area contributed by atoms with Gasteiger partial charge < -0.3 is 4.90 Å². The normalized spacial score (nSPS) is 19.6. The Balaban J connectivity index is 0.942. The van der Waals surface area contributed by atoms with Crippen LogP contribution in [0.2, 0.25) is 0 Å². The predicted octanol–water partition coefficient (Wildman–Crippen LogP) is 19.8. The number of hydrogen-bond donors (Lipinski definition) is 0. The second-order valence-electron chi connectivity index (χ2n) is 22.5. The van der Waals surface area contributed by atoms with E-state index < -0.39 is 5.41 Å². The third kappa shape index (κ3) is 7.12. The molecule has 0 atom stereocenters. The third-order valence-corrected chi connectivity index (χ3v) is 18.3. The molecule has 11 aromatic carbocycles. The molecular formula is C75H59N. The van der Waals surface area contributed by atoms with Crippen LogP contribution in [0.3, 0.4) is 0 Å². The number of benzene rings is 11. The minimum Gasteiger partial charge on any atom is -0.310 e. The van der Waals surface area contributed by atoms with Crippen molar-refractivity contribution in [1.29, 1.82) is 0 Å². The molecule has 16 rings (SSSR count). The molecule has 4 saturated carbocycles. The monoisotopic (exact) mass is 973 g/mol. The first-order valence-corrected chi connectivity index (χ1v) is 27.7. The molecule has 5 aliphatic rings. The van der Waals surface area contributed by atoms with Gasteiger partial charge in [0.1, 0.15) is 0 Å². The number of hydrogen-bond acceptors (Lipinski definition) is 1. The van der Waals surface area contributed by atoms with E-state index in [1.54, 1.807) is 5.56 Å². The first-order chi connectivity index (χ1) is 37.6. The number of para-hydroxylation sites is 1. The van der Waals surface area contributed by atoms with Gasteiger partial charge in [-0.05, 0) is 181 Å². The molecule has 0 aliphatic heterocycles. The summed E-state index contributed by atoms with van der Waals surface area (Å²) in [6.07, 6.45) is 8.27. The van der Waals surface area contributed by atoms with Gasteiger partial charge in [0.15, 0.2) is 0 Å². The number of rotatable bonds is 10. The lowest BCUT2D eigenvalue weighted by atomic mass is 9.47. The third-order valence-electron chi connectivity index (χ3n) is 18.3. The molecule has 11 aromatic rings. The van der Waals surface area contributed by atoms with Crippen molar-refractivity contribution >= 4 is 27.8 Å². The molecule has 0 saturated heterocycles. The summed E-state index contributed by atoms with van der Waals surface area (Å²) in [6.45, 7) is 0. The maximum absolute atomic E-state index is 2.58. The van der Waals surface area contributed by atoms with E-state index >= 15 is 0 Å². The first kappa shape index (κ1) is 44.9. The number of fused-ring (bicyclic) bond motifs is 4. The van der Waals surface area contributed by atoms with Crippen LogP contribution in [0.25, 0.3) is 66.4 Å². The van der Waals surface area contributed by atoms with Crippen LogP contribution in [0.1, 0.15) is 66.3 Å². The maximum atomic E-state index is 2.58. The molecule has 4 bridgehead atoms. The number of nitrogens with zero attached hydrogens (tertiary/aromatic N) is 1. The number of anilines is 3. The average molecular weight is 974 g/mol. The Morgan fingerprint density at radius 3 is 1.47 bits per heavy atom. The lowest BCUT2D eigenvalue weighted by Crippen LogP contribution is -2.48. The van der Waals surface area contributed by atoms with Gasteiger partial charge in [-0.3, -0.25) is 0 Å². The van der Waals surface area contributed by atoms with Crippen molar-refractivity contribution in [3.05, 3.63) is 295 Å². The summed E-state index contributed by atoms with van der Waals surface area (Å²) in [5.41, 5.74) is 22.6. The van der Waals surface area contributed by atoms with E-state index in [0.29, 0.717) is 0 Å². The second kappa shape index (κ2) is 18.1. The fourth-order valence-electron chi connectivity index (χ4n) is 15.7. The highest BCUT2D eigenvalue weighted by molar-refractivity contribution is 6.07. The van der Waals surface area contributed by atoms with E-state index in [0.717, 1.165) is 34.8 Å². The van der Waals surface area contributed by atoms with Crippen molar-refractivity contribution in [2.45, 2.75) is 49.4 Å². The topological polar surface area (TPSA) is 3.24 Å². The molecule has 0 aromatic heterocycles.